The summed E-state index contributed by atoms with van der Waals surface area (Å²) in [6.45, 7) is 1.92. The fourth-order valence-electron chi connectivity index (χ4n) is 2.97. The Hall–Kier alpha value is -2.95. The number of fused-ring (bicyclic) bond motifs is 1. The van der Waals surface area contributed by atoms with Gasteiger partial charge < -0.3 is 0 Å². The maximum atomic E-state index is 12.7. The molecule has 0 aliphatic heterocycles. The van der Waals surface area contributed by atoms with Gasteiger partial charge in [-0.15, -0.1) is 16.4 Å². The second-order valence-corrected chi connectivity index (χ2v) is 10.8. The van der Waals surface area contributed by atoms with Gasteiger partial charge in [0.15, 0.2) is 21.4 Å². The van der Waals surface area contributed by atoms with E-state index in [0.717, 1.165) is 16.9 Å². The minimum absolute atomic E-state index is 0.0469. The van der Waals surface area contributed by atoms with Gasteiger partial charge >= 0.3 is 0 Å². The van der Waals surface area contributed by atoms with Crippen molar-refractivity contribution in [1.29, 1.82) is 0 Å². The van der Waals surface area contributed by atoms with Gasteiger partial charge in [0.25, 0.3) is 5.56 Å². The quantitative estimate of drug-likeness (QED) is 0.422. The Morgan fingerprint density at radius 1 is 1.13 bits per heavy atom. The summed E-state index contributed by atoms with van der Waals surface area (Å²) in [6, 6.07) is 11.3. The summed E-state index contributed by atoms with van der Waals surface area (Å²) in [5, 5.41) is 8.42. The molecule has 0 saturated carbocycles. The molecule has 31 heavy (non-hydrogen) atoms. The first-order chi connectivity index (χ1) is 14.7. The van der Waals surface area contributed by atoms with Crippen LogP contribution in [0.1, 0.15) is 11.3 Å². The Kier molecular flexibility index (Phi) is 5.69. The van der Waals surface area contributed by atoms with Crippen molar-refractivity contribution in [2.24, 2.45) is 0 Å². The highest BCUT2D eigenvalue weighted by molar-refractivity contribution is 7.94. The molecule has 0 unspecified atom stereocenters. The van der Waals surface area contributed by atoms with E-state index in [1.807, 2.05) is 19.1 Å². The topological polar surface area (TPSA) is 112 Å². The average Bonchev–Trinajstić information content (AvgIpc) is 3.16. The van der Waals surface area contributed by atoms with E-state index in [9.17, 15) is 18.0 Å². The van der Waals surface area contributed by atoms with Crippen LogP contribution in [0.25, 0.3) is 16.7 Å². The van der Waals surface area contributed by atoms with Gasteiger partial charge in [-0.3, -0.25) is 9.59 Å². The van der Waals surface area contributed by atoms with Gasteiger partial charge in [-0.1, -0.05) is 17.7 Å². The number of halogens is 1. The van der Waals surface area contributed by atoms with Crippen LogP contribution in [0.15, 0.2) is 57.8 Å². The van der Waals surface area contributed by atoms with E-state index in [2.05, 4.69) is 15.2 Å². The predicted octanol–water partition coefficient (Wildman–Crippen LogP) is 2.78. The van der Waals surface area contributed by atoms with E-state index < -0.39 is 21.4 Å². The van der Waals surface area contributed by atoms with E-state index in [4.69, 9.17) is 11.6 Å². The number of Topliss-reactive ketones (excluding diaryl/α,β-unsaturated/α-hetero) is 1. The third kappa shape index (κ3) is 4.55. The zero-order valence-electron chi connectivity index (χ0n) is 16.1. The predicted molar refractivity (Wildman–Crippen MR) is 118 cm³/mol. The van der Waals surface area contributed by atoms with Crippen LogP contribution in [0, 0.1) is 6.92 Å². The lowest BCUT2D eigenvalue weighted by Gasteiger charge is -2.06. The van der Waals surface area contributed by atoms with E-state index >= 15 is 0 Å². The van der Waals surface area contributed by atoms with Gasteiger partial charge in [0.2, 0.25) is 0 Å². The molecule has 0 saturated heterocycles. The lowest BCUT2D eigenvalue weighted by atomic mass is 10.2. The molecular formula is C20H15ClN4O4S2. The number of aromatic nitrogens is 4. The van der Waals surface area contributed by atoms with Crippen LogP contribution < -0.4 is 5.56 Å². The Bertz CT molecular complexity index is 1460. The average molecular weight is 475 g/mol. The first kappa shape index (κ1) is 21.3. The number of carbonyl (C=O) groups is 1. The highest BCUT2D eigenvalue weighted by Gasteiger charge is 2.22. The molecular weight excluding hydrogens is 460 g/mol. The molecule has 0 spiro atoms. The lowest BCUT2D eigenvalue weighted by Crippen LogP contribution is -2.21. The minimum Gasteiger partial charge on any atom is -0.298 e. The summed E-state index contributed by atoms with van der Waals surface area (Å²) in [6.07, 6.45) is 1.17. The molecule has 0 radical (unpaired) electrons. The molecule has 158 valence electrons. The van der Waals surface area contributed by atoms with Crippen molar-refractivity contribution < 1.29 is 13.2 Å². The smallest absolute Gasteiger partial charge is 0.267 e. The second kappa shape index (κ2) is 8.29. The Morgan fingerprint density at radius 3 is 2.61 bits per heavy atom. The van der Waals surface area contributed by atoms with Crippen LogP contribution in [0.5, 0.6) is 0 Å². The molecule has 0 amide bonds. The number of sulfone groups is 1. The van der Waals surface area contributed by atoms with Crippen molar-refractivity contribution >= 4 is 49.5 Å². The number of hydrogen-bond acceptors (Lipinski definition) is 8. The summed E-state index contributed by atoms with van der Waals surface area (Å²) in [4.78, 5) is 29.3. The van der Waals surface area contributed by atoms with Crippen molar-refractivity contribution in [3.05, 3.63) is 74.7 Å². The zero-order valence-corrected chi connectivity index (χ0v) is 18.5. The molecule has 0 atom stereocenters. The largest absolute Gasteiger partial charge is 0.298 e. The minimum atomic E-state index is -3.76. The Labute approximate surface area is 186 Å². The lowest BCUT2D eigenvalue weighted by molar-refractivity contribution is -0.116. The SMILES string of the molecule is Cc1ccc2c(=O)n(-c3ccc(CC(=O)CS(=O)(=O)c4ccc(Cl)s4)nn3)cnc2c1. The van der Waals surface area contributed by atoms with Crippen LogP contribution in [-0.4, -0.2) is 39.7 Å². The molecule has 0 N–H and O–H groups in total. The van der Waals surface area contributed by atoms with Crippen molar-refractivity contribution in [2.45, 2.75) is 17.6 Å². The van der Waals surface area contributed by atoms with Gasteiger partial charge in [0.1, 0.15) is 16.3 Å². The first-order valence-corrected chi connectivity index (χ1v) is 11.9. The maximum Gasteiger partial charge on any atom is 0.267 e. The third-order valence-electron chi connectivity index (χ3n) is 4.45. The summed E-state index contributed by atoms with van der Waals surface area (Å²) < 4.78 is 26.2. The van der Waals surface area contributed by atoms with Crippen molar-refractivity contribution in [1.82, 2.24) is 19.7 Å². The van der Waals surface area contributed by atoms with Crippen LogP contribution >= 0.6 is 22.9 Å². The Morgan fingerprint density at radius 2 is 1.94 bits per heavy atom. The molecule has 1 aromatic carbocycles. The van der Waals surface area contributed by atoms with Gasteiger partial charge in [-0.05, 0) is 48.9 Å². The number of aryl methyl sites for hydroxylation is 1. The molecule has 3 aromatic heterocycles. The molecule has 4 rings (SSSR count). The number of nitrogens with zero attached hydrogens (tertiary/aromatic N) is 4. The highest BCUT2D eigenvalue weighted by Crippen LogP contribution is 2.26. The van der Waals surface area contributed by atoms with Gasteiger partial charge in [0, 0.05) is 0 Å². The summed E-state index contributed by atoms with van der Waals surface area (Å²) in [7, 11) is -3.76. The maximum absolute atomic E-state index is 12.7. The van der Waals surface area contributed by atoms with E-state index in [1.165, 1.54) is 35.2 Å². The van der Waals surface area contributed by atoms with E-state index in [1.54, 1.807) is 6.07 Å². The Balaban J connectivity index is 1.52. The van der Waals surface area contributed by atoms with Crippen molar-refractivity contribution in [3.8, 4) is 5.82 Å². The van der Waals surface area contributed by atoms with Crippen LogP contribution in [0.2, 0.25) is 4.34 Å². The fraction of sp³-hybridized carbons (Fsp3) is 0.150. The van der Waals surface area contributed by atoms with Gasteiger partial charge in [-0.2, -0.15) is 5.10 Å². The third-order valence-corrected chi connectivity index (χ3v) is 7.94. The molecule has 4 aromatic rings. The molecule has 0 aliphatic carbocycles. The molecule has 0 bridgehead atoms. The van der Waals surface area contributed by atoms with E-state index in [-0.39, 0.29) is 22.0 Å². The monoisotopic (exact) mass is 474 g/mol. The molecule has 11 heteroatoms. The number of thiophene rings is 1. The fourth-order valence-corrected chi connectivity index (χ4v) is 5.78. The highest BCUT2D eigenvalue weighted by atomic mass is 35.5. The number of ketones is 1. The van der Waals surface area contributed by atoms with E-state index in [0.29, 0.717) is 20.9 Å². The number of carbonyl (C=O) groups excluding carboxylic acids is 1. The van der Waals surface area contributed by atoms with Crippen molar-refractivity contribution in [2.75, 3.05) is 5.75 Å². The molecule has 0 aliphatic rings. The molecule has 0 fully saturated rings. The van der Waals surface area contributed by atoms with Gasteiger partial charge in [0.05, 0.1) is 27.4 Å². The standard InChI is InChI=1S/C20H15ClN4O4S2/c1-12-2-4-15-16(8-12)22-11-25(20(15)27)18-6-3-13(23-24-18)9-14(26)10-31(28,29)19-7-5-17(21)30-19/h2-8,11H,9-10H2,1H3. The normalized spacial score (nSPS) is 11.7. The number of hydrogen-bond donors (Lipinski definition) is 0. The molecule has 8 nitrogen and oxygen atoms in total. The van der Waals surface area contributed by atoms with Gasteiger partial charge in [-0.25, -0.2) is 18.0 Å². The van der Waals surface area contributed by atoms with Crippen molar-refractivity contribution in [3.63, 3.8) is 0 Å². The number of benzene rings is 1. The van der Waals surface area contributed by atoms with Crippen LogP contribution in [0.4, 0.5) is 0 Å². The summed E-state index contributed by atoms with van der Waals surface area (Å²) in [5.41, 5.74) is 1.59. The first-order valence-electron chi connectivity index (χ1n) is 9.04. The summed E-state index contributed by atoms with van der Waals surface area (Å²) >= 11 is 6.67. The zero-order chi connectivity index (χ0) is 22.2. The van der Waals surface area contributed by atoms with Crippen LogP contribution in [0.3, 0.4) is 0 Å². The molecule has 3 heterocycles. The summed E-state index contributed by atoms with van der Waals surface area (Å²) in [5.74, 6) is -0.927. The second-order valence-electron chi connectivity index (χ2n) is 6.86. The van der Waals surface area contributed by atoms with Crippen LogP contribution in [-0.2, 0) is 21.1 Å². The number of rotatable bonds is 6.